The SMILES string of the molecule is COC(=O)N1[C@H](C(Cl)(Cl)Cl)N(c2ccccc2)C2=S1N(Cc1ccccc1)C(c1ccccc1)=N2. The molecule has 180 valence electrons. The van der Waals surface area contributed by atoms with Crippen molar-refractivity contribution >= 4 is 68.4 Å². The van der Waals surface area contributed by atoms with Gasteiger partial charge < -0.3 is 4.74 Å². The molecule has 0 saturated carbocycles. The summed E-state index contributed by atoms with van der Waals surface area (Å²) in [6.07, 6.45) is -1.58. The van der Waals surface area contributed by atoms with E-state index in [-0.39, 0.29) is 0 Å². The second-order valence-electron chi connectivity index (χ2n) is 7.79. The number of ether oxygens (including phenoxy) is 1. The van der Waals surface area contributed by atoms with Crippen LogP contribution >= 0.6 is 45.7 Å². The number of nitrogens with zero attached hydrogens (tertiary/aromatic N) is 4. The van der Waals surface area contributed by atoms with Crippen LogP contribution in [0.3, 0.4) is 0 Å². The summed E-state index contributed by atoms with van der Waals surface area (Å²) in [5.74, 6) is 0.727. The molecule has 0 aromatic heterocycles. The smallest absolute Gasteiger partial charge is 0.422 e. The van der Waals surface area contributed by atoms with E-state index in [2.05, 4.69) is 4.31 Å². The van der Waals surface area contributed by atoms with E-state index >= 15 is 0 Å². The van der Waals surface area contributed by atoms with Gasteiger partial charge in [0, 0.05) is 11.3 Å². The summed E-state index contributed by atoms with van der Waals surface area (Å²) in [6, 6.07) is 29.3. The van der Waals surface area contributed by atoms with Crippen molar-refractivity contribution in [2.75, 3.05) is 12.0 Å². The molecule has 0 radical (unpaired) electrons. The Balaban J connectivity index is 1.73. The highest BCUT2D eigenvalue weighted by Crippen LogP contribution is 2.51. The number of methoxy groups -OCH3 is 1. The number of alkyl halides is 3. The van der Waals surface area contributed by atoms with Gasteiger partial charge in [-0.05, 0) is 17.7 Å². The fraction of sp³-hybridized carbons (Fsp3) is 0.160. The number of amides is 1. The predicted molar refractivity (Wildman–Crippen MR) is 145 cm³/mol. The maximum atomic E-state index is 13.2. The number of hydrogen-bond donors (Lipinski definition) is 0. The first-order valence-electron chi connectivity index (χ1n) is 10.8. The summed E-state index contributed by atoms with van der Waals surface area (Å²) >= 11 is 19.6. The van der Waals surface area contributed by atoms with Gasteiger partial charge in [-0.1, -0.05) is 114 Å². The fourth-order valence-corrected chi connectivity index (χ4v) is 7.20. The van der Waals surface area contributed by atoms with E-state index < -0.39 is 26.9 Å². The zero-order valence-electron chi connectivity index (χ0n) is 18.6. The molecule has 6 nitrogen and oxygen atoms in total. The van der Waals surface area contributed by atoms with E-state index in [9.17, 15) is 4.79 Å². The van der Waals surface area contributed by atoms with Crippen LogP contribution in [0, 0.1) is 0 Å². The fourth-order valence-electron chi connectivity index (χ4n) is 4.07. The molecule has 35 heavy (non-hydrogen) atoms. The number of hydrogen-bond acceptors (Lipinski definition) is 5. The van der Waals surface area contributed by atoms with Crippen molar-refractivity contribution in [1.29, 1.82) is 0 Å². The standard InChI is InChI=1S/C25H21Cl3N4O2S/c1-34-24(33)32-22(25(26,27)28)31(20-15-9-4-10-16-20)23-29-21(19-13-7-3-8-14-19)30(35(23)32)17-18-11-5-2-6-12-18/h2-16,22H,17H2,1H3/t22-,35?/m1/s1. The summed E-state index contributed by atoms with van der Waals surface area (Å²) < 4.78 is 6.90. The highest BCUT2D eigenvalue weighted by molar-refractivity contribution is 8.13. The van der Waals surface area contributed by atoms with E-state index in [1.807, 2.05) is 95.9 Å². The molecule has 1 unspecified atom stereocenters. The molecule has 0 saturated heterocycles. The quantitative estimate of drug-likeness (QED) is 0.279. The predicted octanol–water partition coefficient (Wildman–Crippen LogP) is 6.42. The van der Waals surface area contributed by atoms with E-state index in [0.717, 1.165) is 22.6 Å². The van der Waals surface area contributed by atoms with Crippen LogP contribution in [-0.4, -0.2) is 42.7 Å². The third kappa shape index (κ3) is 4.49. The number of anilines is 1. The Morgan fingerprint density at radius 3 is 2.09 bits per heavy atom. The maximum absolute atomic E-state index is 13.2. The van der Waals surface area contributed by atoms with Gasteiger partial charge in [-0.25, -0.2) is 14.1 Å². The maximum Gasteiger partial charge on any atom is 0.422 e. The highest BCUT2D eigenvalue weighted by Gasteiger charge is 2.56. The van der Waals surface area contributed by atoms with Crippen LogP contribution in [0.4, 0.5) is 10.5 Å². The molecule has 3 aromatic carbocycles. The van der Waals surface area contributed by atoms with Crippen molar-refractivity contribution in [2.24, 2.45) is 4.99 Å². The Bertz CT molecular complexity index is 1280. The molecule has 0 fully saturated rings. The minimum Gasteiger partial charge on any atom is -0.452 e. The van der Waals surface area contributed by atoms with Gasteiger partial charge in [-0.3, -0.25) is 9.21 Å². The molecule has 3 aromatic rings. The van der Waals surface area contributed by atoms with Crippen LogP contribution in [0.5, 0.6) is 0 Å². The number of para-hydroxylation sites is 1. The van der Waals surface area contributed by atoms with Crippen LogP contribution in [0.1, 0.15) is 11.1 Å². The number of amidine groups is 1. The molecule has 2 heterocycles. The van der Waals surface area contributed by atoms with Crippen LogP contribution in [-0.2, 0) is 11.3 Å². The summed E-state index contributed by atoms with van der Waals surface area (Å²) in [4.78, 5) is 20.1. The van der Waals surface area contributed by atoms with Crippen LogP contribution in [0.2, 0.25) is 0 Å². The Labute approximate surface area is 221 Å². The van der Waals surface area contributed by atoms with Gasteiger partial charge in [-0.15, -0.1) is 0 Å². The number of carbonyl (C=O) groups excluding carboxylic acids is 1. The number of rotatable bonds is 4. The Hall–Kier alpha value is -2.71. The van der Waals surface area contributed by atoms with Crippen molar-refractivity contribution in [3.63, 3.8) is 0 Å². The molecule has 0 N–H and O–H groups in total. The summed E-state index contributed by atoms with van der Waals surface area (Å²) in [7, 11) is 0.288. The Morgan fingerprint density at radius 2 is 1.51 bits per heavy atom. The van der Waals surface area contributed by atoms with E-state index in [1.54, 1.807) is 0 Å². The second-order valence-corrected chi connectivity index (χ2v) is 11.9. The molecule has 2 aliphatic rings. The zero-order valence-corrected chi connectivity index (χ0v) is 21.7. The van der Waals surface area contributed by atoms with Crippen molar-refractivity contribution < 1.29 is 9.53 Å². The molecule has 0 spiro atoms. The molecule has 0 bridgehead atoms. The lowest BCUT2D eigenvalue weighted by Crippen LogP contribution is -2.53. The van der Waals surface area contributed by atoms with Crippen LogP contribution in [0.25, 0.3) is 0 Å². The Morgan fingerprint density at radius 1 is 0.943 bits per heavy atom. The van der Waals surface area contributed by atoms with Gasteiger partial charge in [0.05, 0.1) is 24.5 Å². The molecule has 0 aliphatic carbocycles. The highest BCUT2D eigenvalue weighted by atomic mass is 35.6. The molecule has 2 atom stereocenters. The third-order valence-corrected chi connectivity index (χ3v) is 8.19. The lowest BCUT2D eigenvalue weighted by atomic mass is 10.2. The van der Waals surface area contributed by atoms with Crippen LogP contribution < -0.4 is 4.90 Å². The topological polar surface area (TPSA) is 48.4 Å². The van der Waals surface area contributed by atoms with E-state index in [4.69, 9.17) is 44.5 Å². The number of benzene rings is 3. The number of carbonyl (C=O) groups is 1. The first kappa shape index (κ1) is 24.0. The third-order valence-electron chi connectivity index (χ3n) is 5.55. The van der Waals surface area contributed by atoms with Gasteiger partial charge in [-0.2, -0.15) is 0 Å². The normalized spacial score (nSPS) is 19.6. The lowest BCUT2D eigenvalue weighted by Gasteiger charge is -2.38. The van der Waals surface area contributed by atoms with Crippen molar-refractivity contribution in [2.45, 2.75) is 16.5 Å². The first-order valence-corrected chi connectivity index (χ1v) is 13.0. The molecule has 10 heteroatoms. The number of halogens is 3. The van der Waals surface area contributed by atoms with Gasteiger partial charge in [0.15, 0.2) is 6.17 Å². The molecular weight excluding hydrogens is 527 g/mol. The largest absolute Gasteiger partial charge is 0.452 e. The molecule has 2 aliphatic heterocycles. The minimum absolute atomic E-state index is 0.490. The van der Waals surface area contributed by atoms with Gasteiger partial charge >= 0.3 is 6.09 Å². The zero-order chi connectivity index (χ0) is 24.6. The molecule has 1 amide bonds. The van der Waals surface area contributed by atoms with E-state index in [0.29, 0.717) is 11.7 Å². The van der Waals surface area contributed by atoms with Crippen LogP contribution in [0.15, 0.2) is 96.0 Å². The Kier molecular flexibility index (Phi) is 6.68. The van der Waals surface area contributed by atoms with Gasteiger partial charge in [0.1, 0.15) is 5.84 Å². The van der Waals surface area contributed by atoms with Crippen molar-refractivity contribution in [3.05, 3.63) is 102 Å². The molecule has 5 rings (SSSR count). The van der Waals surface area contributed by atoms with Crippen molar-refractivity contribution in [3.8, 4) is 0 Å². The van der Waals surface area contributed by atoms with E-state index in [1.165, 1.54) is 11.4 Å². The summed E-state index contributed by atoms with van der Waals surface area (Å²) in [6.45, 7) is 0.490. The minimum atomic E-state index is -1.85. The molecular formula is C25H21Cl3N4O2S. The summed E-state index contributed by atoms with van der Waals surface area (Å²) in [5, 5.41) is 0.604. The number of aliphatic imine (C=N–C) groups is 1. The van der Waals surface area contributed by atoms with Gasteiger partial charge in [0.25, 0.3) is 0 Å². The monoisotopic (exact) mass is 546 g/mol. The first-order chi connectivity index (χ1) is 16.9. The lowest BCUT2D eigenvalue weighted by molar-refractivity contribution is 0.143. The average Bonchev–Trinajstić information content (AvgIpc) is 3.40. The second kappa shape index (κ2) is 9.74. The van der Waals surface area contributed by atoms with Crippen molar-refractivity contribution in [1.82, 2.24) is 8.61 Å². The summed E-state index contributed by atoms with van der Waals surface area (Å²) in [5.41, 5.74) is 2.72. The van der Waals surface area contributed by atoms with Gasteiger partial charge in [0.2, 0.25) is 8.90 Å². The average molecular weight is 548 g/mol.